The van der Waals surface area contributed by atoms with Gasteiger partial charge in [-0.15, -0.1) is 0 Å². The van der Waals surface area contributed by atoms with Crippen LogP contribution in [0.1, 0.15) is 24.8 Å². The second-order valence-corrected chi connectivity index (χ2v) is 11.0. The van der Waals surface area contributed by atoms with E-state index in [-0.39, 0.29) is 18.2 Å². The topological polar surface area (TPSA) is 69.7 Å². The second kappa shape index (κ2) is 13.2. The maximum Gasteiger partial charge on any atom is 0.410 e. The maximum atomic E-state index is 12.3. The van der Waals surface area contributed by atoms with Gasteiger partial charge in [-0.05, 0) is 68.1 Å². The van der Waals surface area contributed by atoms with Crippen LogP contribution in [0.5, 0.6) is 23.0 Å². The molecule has 2 saturated heterocycles. The Balaban J connectivity index is 0.912. The Labute approximate surface area is 241 Å². The molecule has 216 valence electrons. The van der Waals surface area contributed by atoms with Crippen LogP contribution in [0.3, 0.4) is 0 Å². The average Bonchev–Trinajstić information content (AvgIpc) is 3.38. The van der Waals surface area contributed by atoms with Crippen molar-refractivity contribution < 1.29 is 28.5 Å². The average molecular weight is 559 g/mol. The minimum absolute atomic E-state index is 0.000111. The largest absolute Gasteiger partial charge is 0.491 e. The van der Waals surface area contributed by atoms with Gasteiger partial charge in [0.1, 0.15) is 50.1 Å². The van der Waals surface area contributed by atoms with Crippen molar-refractivity contribution in [2.45, 2.75) is 38.0 Å². The molecular formula is C33H38N2O6. The van der Waals surface area contributed by atoms with Crippen molar-refractivity contribution in [3.8, 4) is 23.0 Å². The van der Waals surface area contributed by atoms with Crippen LogP contribution >= 0.6 is 0 Å². The summed E-state index contributed by atoms with van der Waals surface area (Å²) >= 11 is 0. The summed E-state index contributed by atoms with van der Waals surface area (Å²) in [5.74, 6) is 3.68. The maximum absolute atomic E-state index is 12.3. The second-order valence-electron chi connectivity index (χ2n) is 11.0. The van der Waals surface area contributed by atoms with Gasteiger partial charge in [-0.25, -0.2) is 4.79 Å². The first-order valence-electron chi connectivity index (χ1n) is 14.6. The molecule has 0 aliphatic carbocycles. The first kappa shape index (κ1) is 27.3. The van der Waals surface area contributed by atoms with Crippen LogP contribution in [-0.4, -0.2) is 74.0 Å². The van der Waals surface area contributed by atoms with Gasteiger partial charge in [-0.1, -0.05) is 48.5 Å². The van der Waals surface area contributed by atoms with E-state index in [1.807, 2.05) is 83.8 Å². The van der Waals surface area contributed by atoms with Gasteiger partial charge >= 0.3 is 6.09 Å². The fraction of sp³-hybridized carbons (Fsp3) is 0.424. The van der Waals surface area contributed by atoms with E-state index < -0.39 is 0 Å². The van der Waals surface area contributed by atoms with Crippen molar-refractivity contribution in [2.24, 2.45) is 5.92 Å². The number of cyclic esters (lactones) is 1. The summed E-state index contributed by atoms with van der Waals surface area (Å²) in [5.41, 5.74) is 1.13. The molecule has 0 saturated carbocycles. The van der Waals surface area contributed by atoms with Crippen molar-refractivity contribution in [3.05, 3.63) is 84.4 Å². The highest BCUT2D eigenvalue weighted by Crippen LogP contribution is 2.36. The van der Waals surface area contributed by atoms with Crippen LogP contribution in [0.25, 0.3) is 0 Å². The number of nitrogens with zero attached hydrogens (tertiary/aromatic N) is 2. The summed E-state index contributed by atoms with van der Waals surface area (Å²) in [6, 6.07) is 25.6. The quantitative estimate of drug-likeness (QED) is 0.312. The molecule has 1 amide bonds. The molecule has 3 heterocycles. The monoisotopic (exact) mass is 558 g/mol. The number of hydrogen-bond acceptors (Lipinski definition) is 7. The molecule has 6 rings (SSSR count). The lowest BCUT2D eigenvalue weighted by Gasteiger charge is -2.36. The highest BCUT2D eigenvalue weighted by molar-refractivity contribution is 5.70. The summed E-state index contributed by atoms with van der Waals surface area (Å²) in [6.45, 7) is 5.48. The minimum Gasteiger partial charge on any atom is -0.491 e. The van der Waals surface area contributed by atoms with E-state index in [4.69, 9.17) is 23.7 Å². The number of piperidine rings is 1. The van der Waals surface area contributed by atoms with E-state index in [1.165, 1.54) is 0 Å². The van der Waals surface area contributed by atoms with Crippen LogP contribution in [0.4, 0.5) is 4.79 Å². The standard InChI is InChI=1S/C33H38N2O6/c36-33-35(27(23-40-33)22-38-28-9-5-2-6-10-28)18-15-25-13-16-34(17-14-25)20-30-24-39-32-19-29(11-12-31(32)41-30)37-21-26-7-3-1-4-8-26/h1-12,19,25,27,30H,13-18,20-24H2. The van der Waals surface area contributed by atoms with E-state index >= 15 is 0 Å². The number of ether oxygens (including phenoxy) is 5. The van der Waals surface area contributed by atoms with Crippen LogP contribution in [0, 0.1) is 5.92 Å². The van der Waals surface area contributed by atoms with Crippen LogP contribution < -0.4 is 18.9 Å². The molecule has 8 heteroatoms. The molecule has 3 aliphatic heterocycles. The third kappa shape index (κ3) is 7.24. The molecule has 0 spiro atoms. The minimum atomic E-state index is -0.228. The lowest BCUT2D eigenvalue weighted by Crippen LogP contribution is -2.44. The fourth-order valence-corrected chi connectivity index (χ4v) is 5.69. The smallest absolute Gasteiger partial charge is 0.410 e. The molecule has 2 atom stereocenters. The van der Waals surface area contributed by atoms with Crippen LogP contribution in [0.15, 0.2) is 78.9 Å². The Hall–Kier alpha value is -3.91. The Morgan fingerprint density at radius 2 is 1.59 bits per heavy atom. The molecular weight excluding hydrogens is 520 g/mol. The number of fused-ring (bicyclic) bond motifs is 1. The number of rotatable bonds is 11. The molecule has 8 nitrogen and oxygen atoms in total. The molecule has 0 N–H and O–H groups in total. The van der Waals surface area contributed by atoms with Crippen molar-refractivity contribution in [3.63, 3.8) is 0 Å². The van der Waals surface area contributed by atoms with Gasteiger partial charge in [-0.3, -0.25) is 9.80 Å². The van der Waals surface area contributed by atoms with Crippen molar-refractivity contribution in [1.29, 1.82) is 0 Å². The predicted octanol–water partition coefficient (Wildman–Crippen LogP) is 5.41. The Bertz CT molecular complexity index is 1270. The molecule has 3 aromatic rings. The van der Waals surface area contributed by atoms with E-state index in [0.717, 1.165) is 67.5 Å². The molecule has 41 heavy (non-hydrogen) atoms. The number of hydrogen-bond donors (Lipinski definition) is 0. The van der Waals surface area contributed by atoms with E-state index in [2.05, 4.69) is 4.90 Å². The van der Waals surface area contributed by atoms with Crippen molar-refractivity contribution >= 4 is 6.09 Å². The molecule has 0 aromatic heterocycles. The summed E-state index contributed by atoms with van der Waals surface area (Å²) in [6.07, 6.45) is 2.98. The predicted molar refractivity (Wildman–Crippen MR) is 155 cm³/mol. The molecule has 0 bridgehead atoms. The summed E-state index contributed by atoms with van der Waals surface area (Å²) in [4.78, 5) is 16.7. The molecule has 3 aromatic carbocycles. The lowest BCUT2D eigenvalue weighted by atomic mass is 9.93. The first-order valence-corrected chi connectivity index (χ1v) is 14.6. The van der Waals surface area contributed by atoms with E-state index in [1.54, 1.807) is 0 Å². The number of likely N-dealkylation sites (tertiary alicyclic amines) is 1. The number of carbonyl (C=O) groups is 1. The summed E-state index contributed by atoms with van der Waals surface area (Å²) in [7, 11) is 0. The first-order chi connectivity index (χ1) is 20.2. The van der Waals surface area contributed by atoms with Crippen molar-refractivity contribution in [2.75, 3.05) is 46.0 Å². The van der Waals surface area contributed by atoms with Gasteiger partial charge in [0.25, 0.3) is 0 Å². The molecule has 3 aliphatic rings. The van der Waals surface area contributed by atoms with Gasteiger partial charge in [0.05, 0.1) is 0 Å². The Kier molecular flexibility index (Phi) is 8.76. The van der Waals surface area contributed by atoms with Crippen molar-refractivity contribution in [1.82, 2.24) is 9.80 Å². The van der Waals surface area contributed by atoms with Gasteiger partial charge in [0.2, 0.25) is 0 Å². The lowest BCUT2D eigenvalue weighted by molar-refractivity contribution is 0.0462. The molecule has 2 unspecified atom stereocenters. The number of carbonyl (C=O) groups excluding carboxylic acids is 1. The highest BCUT2D eigenvalue weighted by atomic mass is 16.6. The third-order valence-electron chi connectivity index (χ3n) is 8.09. The molecule has 0 radical (unpaired) electrons. The van der Waals surface area contributed by atoms with Gasteiger partial charge in [0.15, 0.2) is 11.5 Å². The van der Waals surface area contributed by atoms with E-state index in [0.29, 0.717) is 38.9 Å². The third-order valence-corrected chi connectivity index (χ3v) is 8.09. The number of benzene rings is 3. The highest BCUT2D eigenvalue weighted by Gasteiger charge is 2.34. The van der Waals surface area contributed by atoms with Gasteiger partial charge in [-0.2, -0.15) is 0 Å². The van der Waals surface area contributed by atoms with Crippen LogP contribution in [0.2, 0.25) is 0 Å². The zero-order valence-electron chi connectivity index (χ0n) is 23.4. The summed E-state index contributed by atoms with van der Waals surface area (Å²) in [5, 5.41) is 0. The number of amides is 1. The Morgan fingerprint density at radius 1 is 0.805 bits per heavy atom. The zero-order valence-corrected chi connectivity index (χ0v) is 23.4. The molecule has 2 fully saturated rings. The van der Waals surface area contributed by atoms with Gasteiger partial charge < -0.3 is 23.7 Å². The van der Waals surface area contributed by atoms with E-state index in [9.17, 15) is 4.79 Å². The van der Waals surface area contributed by atoms with Gasteiger partial charge in [0, 0.05) is 19.2 Å². The SMILES string of the molecule is O=C1OCC(COc2ccccc2)N1CCC1CCN(CC2COc3cc(OCc4ccccc4)ccc3O2)CC1. The Morgan fingerprint density at radius 3 is 2.39 bits per heavy atom. The fourth-order valence-electron chi connectivity index (χ4n) is 5.69. The van der Waals surface area contributed by atoms with Crippen LogP contribution in [-0.2, 0) is 11.3 Å². The zero-order chi connectivity index (χ0) is 27.9. The summed E-state index contributed by atoms with van der Waals surface area (Å²) < 4.78 is 29.5. The normalized spacial score (nSPS) is 21.0. The number of para-hydroxylation sites is 1.